The molecule has 1 heterocycles. The number of rotatable bonds is 5. The van der Waals surface area contributed by atoms with E-state index >= 15 is 0 Å². The number of nitrogens with zero attached hydrogens (tertiary/aromatic N) is 4. The van der Waals surface area contributed by atoms with Gasteiger partial charge in [-0.25, -0.2) is 9.18 Å². The quantitative estimate of drug-likeness (QED) is 0.601. The van der Waals surface area contributed by atoms with Crippen LogP contribution in [0.15, 0.2) is 16.9 Å². The van der Waals surface area contributed by atoms with Crippen molar-refractivity contribution in [3.8, 4) is 22.9 Å². The topological polar surface area (TPSA) is 61.9 Å². The van der Waals surface area contributed by atoms with E-state index in [1.807, 2.05) is 0 Å². The molecule has 0 aliphatic heterocycles. The van der Waals surface area contributed by atoms with Crippen LogP contribution in [0.5, 0.6) is 5.75 Å². The van der Waals surface area contributed by atoms with Gasteiger partial charge in [-0.1, -0.05) is 25.6 Å². The van der Waals surface area contributed by atoms with E-state index in [1.165, 1.54) is 19.2 Å². The fourth-order valence-corrected chi connectivity index (χ4v) is 2.51. The average molecular weight is 366 g/mol. The molecule has 0 spiro atoms. The number of benzene rings is 1. The predicted octanol–water partition coefficient (Wildman–Crippen LogP) is 2.17. The van der Waals surface area contributed by atoms with Crippen molar-refractivity contribution in [3.05, 3.63) is 34.0 Å². The molecule has 2 rings (SSSR count). The maximum absolute atomic E-state index is 14.5. The zero-order valence-electron chi connectivity index (χ0n) is 14.6. The van der Waals surface area contributed by atoms with Gasteiger partial charge >= 0.3 is 5.69 Å². The molecule has 0 saturated heterocycles. The molecule has 0 N–H and O–H groups in total. The second-order valence-electron chi connectivity index (χ2n) is 6.44. The lowest BCUT2D eigenvalue weighted by atomic mass is 10.2. The highest BCUT2D eigenvalue weighted by Gasteiger charge is 2.17. The van der Waals surface area contributed by atoms with E-state index in [9.17, 15) is 13.6 Å². The molecule has 0 radical (unpaired) electrons. The van der Waals surface area contributed by atoms with Crippen LogP contribution >= 0.6 is 0 Å². The number of tetrazole rings is 1. The van der Waals surface area contributed by atoms with Crippen LogP contribution in [-0.4, -0.2) is 41.6 Å². The molecular weight excluding hydrogens is 346 g/mol. The van der Waals surface area contributed by atoms with Gasteiger partial charge < -0.3 is 4.74 Å². The maximum atomic E-state index is 14.5. The van der Waals surface area contributed by atoms with E-state index in [1.54, 1.807) is 0 Å². The summed E-state index contributed by atoms with van der Waals surface area (Å²) in [7, 11) is -0.198. The number of methoxy groups -OCH3 is 1. The van der Waals surface area contributed by atoms with Crippen molar-refractivity contribution in [2.75, 3.05) is 13.8 Å². The van der Waals surface area contributed by atoms with Crippen LogP contribution < -0.4 is 10.4 Å². The average Bonchev–Trinajstić information content (AvgIpc) is 2.91. The summed E-state index contributed by atoms with van der Waals surface area (Å²) in [6, 6.07) is 2.58. The Morgan fingerprint density at radius 1 is 1.28 bits per heavy atom. The molecule has 0 amide bonds. The molecule has 1 aromatic heterocycles. The van der Waals surface area contributed by atoms with Gasteiger partial charge in [-0.05, 0) is 22.9 Å². The molecule has 1 aromatic carbocycles. The summed E-state index contributed by atoms with van der Waals surface area (Å²) in [6.45, 7) is 5.73. The highest BCUT2D eigenvalue weighted by atomic mass is 28.3. The summed E-state index contributed by atoms with van der Waals surface area (Å²) in [5, 5.41) is 7.30. The third-order valence-corrected chi connectivity index (χ3v) is 4.09. The van der Waals surface area contributed by atoms with E-state index < -0.39 is 26.3 Å². The molecule has 0 unspecified atom stereocenters. The molecule has 0 fully saturated rings. The van der Waals surface area contributed by atoms with E-state index in [0.717, 1.165) is 9.36 Å². The number of ether oxygens (including phenoxy) is 1. The van der Waals surface area contributed by atoms with E-state index in [2.05, 4.69) is 41.5 Å². The fraction of sp³-hybridized carbons (Fsp3) is 0.438. The Balaban J connectivity index is 2.49. The van der Waals surface area contributed by atoms with Crippen LogP contribution in [0.25, 0.3) is 5.69 Å². The molecule has 2 aromatic rings. The van der Waals surface area contributed by atoms with Crippen molar-refractivity contribution in [1.82, 2.24) is 19.8 Å². The number of aryl methyl sites for hydroxylation is 1. The lowest BCUT2D eigenvalue weighted by Crippen LogP contribution is -2.25. The van der Waals surface area contributed by atoms with Crippen LogP contribution in [0.4, 0.5) is 8.78 Å². The number of hydrogen-bond donors (Lipinski definition) is 0. The first-order valence-corrected chi connectivity index (χ1v) is 11.3. The van der Waals surface area contributed by atoms with Crippen LogP contribution in [0.3, 0.4) is 0 Å². The van der Waals surface area contributed by atoms with Crippen molar-refractivity contribution >= 4 is 8.07 Å². The lowest BCUT2D eigenvalue weighted by Gasteiger charge is -2.09. The van der Waals surface area contributed by atoms with Crippen molar-refractivity contribution < 1.29 is 13.5 Å². The second-order valence-corrected chi connectivity index (χ2v) is 11.2. The summed E-state index contributed by atoms with van der Waals surface area (Å²) >= 11 is 0. The fourth-order valence-electron chi connectivity index (χ4n) is 2.00. The standard InChI is InChI=1S/C16H20F2N4O2Si/c1-24-15-11-14(13(18)10-12(15)6-9-25(2,3)4)22-16(23)21(19-20-22)8-5-7-17/h10-11H,5,7-8H2,1-4H3. The highest BCUT2D eigenvalue weighted by molar-refractivity contribution is 6.83. The van der Waals surface area contributed by atoms with Gasteiger partial charge in [-0.2, -0.15) is 9.36 Å². The van der Waals surface area contributed by atoms with Crippen LogP contribution in [0.2, 0.25) is 19.6 Å². The minimum Gasteiger partial charge on any atom is -0.495 e. The zero-order chi connectivity index (χ0) is 18.6. The van der Waals surface area contributed by atoms with Gasteiger partial charge in [0.25, 0.3) is 0 Å². The van der Waals surface area contributed by atoms with Gasteiger partial charge in [0, 0.05) is 6.07 Å². The summed E-state index contributed by atoms with van der Waals surface area (Å²) in [6.07, 6.45) is 0.135. The minimum atomic E-state index is -1.64. The molecule has 0 atom stereocenters. The van der Waals surface area contributed by atoms with Crippen molar-refractivity contribution in [1.29, 1.82) is 0 Å². The van der Waals surface area contributed by atoms with Gasteiger partial charge in [-0.3, -0.25) is 4.39 Å². The third-order valence-electron chi connectivity index (χ3n) is 3.21. The lowest BCUT2D eigenvalue weighted by molar-refractivity contribution is 0.411. The van der Waals surface area contributed by atoms with Crippen molar-refractivity contribution in [3.63, 3.8) is 0 Å². The van der Waals surface area contributed by atoms with E-state index in [-0.39, 0.29) is 18.7 Å². The highest BCUT2D eigenvalue weighted by Crippen LogP contribution is 2.24. The van der Waals surface area contributed by atoms with Crippen molar-refractivity contribution in [2.24, 2.45) is 0 Å². The molecule has 0 bridgehead atoms. The molecule has 9 heteroatoms. The molecule has 0 aliphatic rings. The van der Waals surface area contributed by atoms with Gasteiger partial charge in [0.2, 0.25) is 0 Å². The first-order chi connectivity index (χ1) is 11.8. The Morgan fingerprint density at radius 3 is 2.60 bits per heavy atom. The normalized spacial score (nSPS) is 11.1. The number of alkyl halides is 1. The maximum Gasteiger partial charge on any atom is 0.368 e. The van der Waals surface area contributed by atoms with Gasteiger partial charge in [0.15, 0.2) is 5.82 Å². The van der Waals surface area contributed by atoms with Crippen molar-refractivity contribution in [2.45, 2.75) is 32.6 Å². The Labute approximate surface area is 145 Å². The summed E-state index contributed by atoms with van der Waals surface area (Å²) in [5.41, 5.74) is 2.82. The van der Waals surface area contributed by atoms with Crippen LogP contribution in [0.1, 0.15) is 12.0 Å². The monoisotopic (exact) mass is 366 g/mol. The molecule has 0 aliphatic carbocycles. The van der Waals surface area contributed by atoms with E-state index in [4.69, 9.17) is 4.74 Å². The summed E-state index contributed by atoms with van der Waals surface area (Å²) in [4.78, 5) is 12.2. The smallest absolute Gasteiger partial charge is 0.368 e. The van der Waals surface area contributed by atoms with Crippen LogP contribution in [0, 0.1) is 17.3 Å². The zero-order valence-corrected chi connectivity index (χ0v) is 15.6. The number of hydrogen-bond acceptors (Lipinski definition) is 4. The van der Waals surface area contributed by atoms with Gasteiger partial charge in [-0.15, -0.1) is 5.54 Å². The second kappa shape index (κ2) is 7.61. The minimum absolute atomic E-state index is 0.0772. The van der Waals surface area contributed by atoms with Gasteiger partial charge in [0.05, 0.1) is 25.9 Å². The Kier molecular flexibility index (Phi) is 5.74. The third kappa shape index (κ3) is 4.54. The molecule has 0 saturated carbocycles. The summed E-state index contributed by atoms with van der Waals surface area (Å²) < 4.78 is 33.8. The first-order valence-electron chi connectivity index (χ1n) is 7.76. The number of halogens is 2. The Hall–Kier alpha value is -2.47. The Bertz CT molecular complexity index is 875. The predicted molar refractivity (Wildman–Crippen MR) is 92.9 cm³/mol. The molecule has 25 heavy (non-hydrogen) atoms. The van der Waals surface area contributed by atoms with Crippen LogP contribution in [-0.2, 0) is 6.54 Å². The first kappa shape index (κ1) is 18.9. The largest absolute Gasteiger partial charge is 0.495 e. The van der Waals surface area contributed by atoms with E-state index in [0.29, 0.717) is 11.3 Å². The molecule has 134 valence electrons. The summed E-state index contributed by atoms with van der Waals surface area (Å²) in [5.74, 6) is 2.62. The Morgan fingerprint density at radius 2 is 2.00 bits per heavy atom. The molecule has 6 nitrogen and oxygen atoms in total. The SMILES string of the molecule is COc1cc(-n2nnn(CCCF)c2=O)c(F)cc1C#C[Si](C)(C)C. The number of aromatic nitrogens is 4. The van der Waals surface area contributed by atoms with Gasteiger partial charge in [0.1, 0.15) is 19.5 Å². The molecular formula is C16H20F2N4O2Si.